The van der Waals surface area contributed by atoms with E-state index in [1.165, 1.54) is 0 Å². The minimum absolute atomic E-state index is 0.0530. The van der Waals surface area contributed by atoms with E-state index in [-0.39, 0.29) is 6.04 Å². The Kier molecular flexibility index (Phi) is 4.12. The van der Waals surface area contributed by atoms with E-state index in [2.05, 4.69) is 0 Å². The van der Waals surface area contributed by atoms with Crippen LogP contribution in [0.15, 0.2) is 42.5 Å². The van der Waals surface area contributed by atoms with E-state index in [4.69, 9.17) is 33.7 Å². The van der Waals surface area contributed by atoms with Crippen LogP contribution in [0.3, 0.4) is 0 Å². The third-order valence-corrected chi connectivity index (χ3v) is 3.04. The smallest absolute Gasteiger partial charge is 0.146 e. The molecular weight excluding hydrogens is 269 g/mol. The van der Waals surface area contributed by atoms with Crippen molar-refractivity contribution >= 4 is 23.2 Å². The van der Waals surface area contributed by atoms with Gasteiger partial charge in [-0.1, -0.05) is 35.3 Å². The zero-order valence-corrected chi connectivity index (χ0v) is 11.4. The molecule has 94 valence electrons. The average molecular weight is 282 g/mol. The van der Waals surface area contributed by atoms with Crippen molar-refractivity contribution in [2.45, 2.75) is 13.0 Å². The Labute approximate surface area is 116 Å². The molecule has 18 heavy (non-hydrogen) atoms. The maximum Gasteiger partial charge on any atom is 0.146 e. The Morgan fingerprint density at radius 2 is 1.89 bits per heavy atom. The summed E-state index contributed by atoms with van der Waals surface area (Å²) in [6.07, 6.45) is 0. The van der Waals surface area contributed by atoms with Crippen molar-refractivity contribution in [3.8, 4) is 11.5 Å². The standard InChI is InChI=1S/C14H13Cl2NO/c1-9(17)10-5-6-14(13(16)7-10)18-12-4-2-3-11(15)8-12/h2-9H,17H2,1H3/t9-/m0/s1. The molecule has 0 radical (unpaired) electrons. The number of hydrogen-bond acceptors (Lipinski definition) is 2. The SMILES string of the molecule is C[C@H](N)c1ccc(Oc2cccc(Cl)c2)c(Cl)c1. The van der Waals surface area contributed by atoms with Crippen LogP contribution < -0.4 is 10.5 Å². The summed E-state index contributed by atoms with van der Waals surface area (Å²) in [6, 6.07) is 12.6. The first kappa shape index (κ1) is 13.2. The zero-order chi connectivity index (χ0) is 13.1. The first-order valence-corrected chi connectivity index (χ1v) is 6.30. The lowest BCUT2D eigenvalue weighted by molar-refractivity contribution is 0.482. The number of rotatable bonds is 3. The van der Waals surface area contributed by atoms with Gasteiger partial charge in [0.25, 0.3) is 0 Å². The second-order valence-electron chi connectivity index (χ2n) is 4.04. The van der Waals surface area contributed by atoms with Gasteiger partial charge in [0.05, 0.1) is 5.02 Å². The van der Waals surface area contributed by atoms with E-state index in [1.54, 1.807) is 12.1 Å². The fourth-order valence-corrected chi connectivity index (χ4v) is 1.95. The van der Waals surface area contributed by atoms with Crippen LogP contribution in [-0.2, 0) is 0 Å². The lowest BCUT2D eigenvalue weighted by atomic mass is 10.1. The summed E-state index contributed by atoms with van der Waals surface area (Å²) in [5.41, 5.74) is 6.76. The van der Waals surface area contributed by atoms with Crippen LogP contribution in [0, 0.1) is 0 Å². The van der Waals surface area contributed by atoms with E-state index in [1.807, 2.05) is 37.3 Å². The molecule has 0 fully saturated rings. The van der Waals surface area contributed by atoms with Crippen LogP contribution in [0.2, 0.25) is 10.0 Å². The van der Waals surface area contributed by atoms with Crippen molar-refractivity contribution in [1.29, 1.82) is 0 Å². The Hall–Kier alpha value is -1.22. The molecule has 0 amide bonds. The summed E-state index contributed by atoms with van der Waals surface area (Å²) < 4.78 is 5.67. The van der Waals surface area contributed by atoms with E-state index in [9.17, 15) is 0 Å². The average Bonchev–Trinajstić information content (AvgIpc) is 2.31. The summed E-state index contributed by atoms with van der Waals surface area (Å²) >= 11 is 12.0. The van der Waals surface area contributed by atoms with Crippen LogP contribution in [0.1, 0.15) is 18.5 Å². The highest BCUT2D eigenvalue weighted by molar-refractivity contribution is 6.32. The molecule has 0 saturated carbocycles. The molecule has 0 bridgehead atoms. The van der Waals surface area contributed by atoms with Gasteiger partial charge >= 0.3 is 0 Å². The van der Waals surface area contributed by atoms with Crippen LogP contribution in [0.4, 0.5) is 0 Å². The van der Waals surface area contributed by atoms with Gasteiger partial charge in [-0.25, -0.2) is 0 Å². The molecule has 2 nitrogen and oxygen atoms in total. The van der Waals surface area contributed by atoms with Gasteiger partial charge in [0.1, 0.15) is 11.5 Å². The largest absolute Gasteiger partial charge is 0.456 e. The van der Waals surface area contributed by atoms with E-state index < -0.39 is 0 Å². The van der Waals surface area contributed by atoms with Gasteiger partial charge in [0.2, 0.25) is 0 Å². The van der Waals surface area contributed by atoms with Gasteiger partial charge in [-0.15, -0.1) is 0 Å². The Morgan fingerprint density at radius 1 is 1.11 bits per heavy atom. The minimum atomic E-state index is -0.0530. The maximum atomic E-state index is 6.15. The summed E-state index contributed by atoms with van der Waals surface area (Å²) in [7, 11) is 0. The number of benzene rings is 2. The predicted octanol–water partition coefficient (Wildman–Crippen LogP) is 4.81. The fourth-order valence-electron chi connectivity index (χ4n) is 1.54. The van der Waals surface area contributed by atoms with E-state index in [0.29, 0.717) is 21.5 Å². The van der Waals surface area contributed by atoms with E-state index >= 15 is 0 Å². The third kappa shape index (κ3) is 3.16. The van der Waals surface area contributed by atoms with Crippen LogP contribution in [-0.4, -0.2) is 0 Å². The molecule has 2 rings (SSSR count). The van der Waals surface area contributed by atoms with Gasteiger partial charge < -0.3 is 10.5 Å². The van der Waals surface area contributed by atoms with Gasteiger partial charge in [-0.3, -0.25) is 0 Å². The van der Waals surface area contributed by atoms with Crippen molar-refractivity contribution in [3.05, 3.63) is 58.1 Å². The topological polar surface area (TPSA) is 35.2 Å². The number of halogens is 2. The number of nitrogens with two attached hydrogens (primary N) is 1. The summed E-state index contributed by atoms with van der Waals surface area (Å²) in [5.74, 6) is 1.24. The molecule has 0 aliphatic rings. The number of ether oxygens (including phenoxy) is 1. The predicted molar refractivity (Wildman–Crippen MR) is 75.6 cm³/mol. The molecule has 0 heterocycles. The van der Waals surface area contributed by atoms with Gasteiger partial charge in [-0.05, 0) is 42.8 Å². The van der Waals surface area contributed by atoms with Crippen LogP contribution in [0.25, 0.3) is 0 Å². The molecule has 0 saturated heterocycles. The first-order chi connectivity index (χ1) is 8.56. The molecule has 0 spiro atoms. The quantitative estimate of drug-likeness (QED) is 0.877. The van der Waals surface area contributed by atoms with Crippen LogP contribution in [0.5, 0.6) is 11.5 Å². The highest BCUT2D eigenvalue weighted by atomic mass is 35.5. The molecule has 0 aromatic heterocycles. The highest BCUT2D eigenvalue weighted by Crippen LogP contribution is 2.32. The second kappa shape index (κ2) is 5.61. The Morgan fingerprint density at radius 3 is 2.50 bits per heavy atom. The fraction of sp³-hybridized carbons (Fsp3) is 0.143. The molecule has 0 aliphatic heterocycles. The molecule has 2 aromatic rings. The van der Waals surface area contributed by atoms with Gasteiger partial charge in [-0.2, -0.15) is 0 Å². The molecule has 2 N–H and O–H groups in total. The summed E-state index contributed by atoms with van der Waals surface area (Å²) in [6.45, 7) is 1.91. The molecule has 4 heteroatoms. The zero-order valence-electron chi connectivity index (χ0n) is 9.86. The Bertz CT molecular complexity index is 555. The molecule has 0 aliphatic carbocycles. The Balaban J connectivity index is 2.24. The van der Waals surface area contributed by atoms with Crippen molar-refractivity contribution in [2.75, 3.05) is 0 Å². The maximum absolute atomic E-state index is 6.15. The lowest BCUT2D eigenvalue weighted by Gasteiger charge is -2.11. The molecule has 0 unspecified atom stereocenters. The minimum Gasteiger partial charge on any atom is -0.456 e. The van der Waals surface area contributed by atoms with Crippen molar-refractivity contribution in [3.63, 3.8) is 0 Å². The summed E-state index contributed by atoms with van der Waals surface area (Å²) in [4.78, 5) is 0. The summed E-state index contributed by atoms with van der Waals surface area (Å²) in [5, 5.41) is 1.15. The van der Waals surface area contributed by atoms with Crippen molar-refractivity contribution < 1.29 is 4.74 Å². The molecule has 1 atom stereocenters. The van der Waals surface area contributed by atoms with Crippen molar-refractivity contribution in [1.82, 2.24) is 0 Å². The first-order valence-electron chi connectivity index (χ1n) is 5.54. The van der Waals surface area contributed by atoms with Gasteiger partial charge in [0, 0.05) is 11.1 Å². The molecule has 2 aromatic carbocycles. The van der Waals surface area contributed by atoms with Gasteiger partial charge in [0.15, 0.2) is 0 Å². The monoisotopic (exact) mass is 281 g/mol. The van der Waals surface area contributed by atoms with Crippen LogP contribution >= 0.6 is 23.2 Å². The lowest BCUT2D eigenvalue weighted by Crippen LogP contribution is -2.04. The van der Waals surface area contributed by atoms with Crippen molar-refractivity contribution in [2.24, 2.45) is 5.73 Å². The molecular formula is C14H13Cl2NO. The second-order valence-corrected chi connectivity index (χ2v) is 4.88. The highest BCUT2D eigenvalue weighted by Gasteiger charge is 2.07. The third-order valence-electron chi connectivity index (χ3n) is 2.51. The van der Waals surface area contributed by atoms with E-state index in [0.717, 1.165) is 5.56 Å². The normalized spacial score (nSPS) is 12.2. The number of hydrogen-bond donors (Lipinski definition) is 1.